The Hall–Kier alpha value is -1.67. The van der Waals surface area contributed by atoms with E-state index < -0.39 is 0 Å². The molecule has 0 fully saturated rings. The monoisotopic (exact) mass is 275 g/mol. The Morgan fingerprint density at radius 1 is 1.16 bits per heavy atom. The predicted octanol–water partition coefficient (Wildman–Crippen LogP) is 4.83. The van der Waals surface area contributed by atoms with Crippen molar-refractivity contribution in [1.82, 2.24) is 0 Å². The molecule has 0 radical (unpaired) electrons. The molecule has 0 saturated carbocycles. The first-order valence-electron chi connectivity index (χ1n) is 6.27. The highest BCUT2D eigenvalue weighted by Gasteiger charge is 2.11. The van der Waals surface area contributed by atoms with Crippen molar-refractivity contribution in [3.8, 4) is 5.75 Å². The van der Waals surface area contributed by atoms with E-state index in [0.717, 1.165) is 22.0 Å². The van der Waals surface area contributed by atoms with Gasteiger partial charge in [-0.2, -0.15) is 0 Å². The van der Waals surface area contributed by atoms with E-state index in [1.807, 2.05) is 43.3 Å². The highest BCUT2D eigenvalue weighted by molar-refractivity contribution is 6.31. The summed E-state index contributed by atoms with van der Waals surface area (Å²) in [7, 11) is 1.68. The van der Waals surface area contributed by atoms with E-state index in [-0.39, 0.29) is 6.04 Å². The molecule has 0 spiro atoms. The maximum absolute atomic E-state index is 6.21. The molecule has 2 rings (SSSR count). The molecule has 2 aromatic rings. The largest absolute Gasteiger partial charge is 0.495 e. The fraction of sp³-hybridized carbons (Fsp3) is 0.250. The zero-order valence-electron chi connectivity index (χ0n) is 11.4. The molecule has 19 heavy (non-hydrogen) atoms. The Balaban J connectivity index is 2.24. The van der Waals surface area contributed by atoms with Crippen molar-refractivity contribution in [2.75, 3.05) is 12.4 Å². The maximum Gasteiger partial charge on any atom is 0.142 e. The number of nitrogens with one attached hydrogen (secondary N) is 1. The fourth-order valence-corrected chi connectivity index (χ4v) is 2.35. The van der Waals surface area contributed by atoms with Crippen LogP contribution in [0.3, 0.4) is 0 Å². The number of methoxy groups -OCH3 is 1. The van der Waals surface area contributed by atoms with E-state index in [9.17, 15) is 0 Å². The molecular formula is C16H18ClNO. The lowest BCUT2D eigenvalue weighted by atomic mass is 10.1. The molecule has 1 N–H and O–H groups in total. The third-order valence-corrected chi connectivity index (χ3v) is 3.44. The lowest BCUT2D eigenvalue weighted by molar-refractivity contribution is 0.416. The van der Waals surface area contributed by atoms with Gasteiger partial charge in [-0.25, -0.2) is 0 Å². The normalized spacial score (nSPS) is 12.0. The molecule has 0 heterocycles. The molecule has 0 aliphatic heterocycles. The van der Waals surface area contributed by atoms with Gasteiger partial charge in [-0.1, -0.05) is 35.9 Å². The fourth-order valence-electron chi connectivity index (χ4n) is 2.05. The molecule has 0 bridgehead atoms. The third kappa shape index (κ3) is 3.21. The summed E-state index contributed by atoms with van der Waals surface area (Å²) >= 11 is 6.21. The second kappa shape index (κ2) is 5.98. The van der Waals surface area contributed by atoms with Crippen LogP contribution in [0, 0.1) is 6.92 Å². The minimum Gasteiger partial charge on any atom is -0.495 e. The number of anilines is 1. The Morgan fingerprint density at radius 2 is 1.89 bits per heavy atom. The van der Waals surface area contributed by atoms with Gasteiger partial charge in [0.15, 0.2) is 0 Å². The number of hydrogen-bond acceptors (Lipinski definition) is 2. The summed E-state index contributed by atoms with van der Waals surface area (Å²) < 4.78 is 5.40. The zero-order valence-corrected chi connectivity index (χ0v) is 12.2. The first-order valence-corrected chi connectivity index (χ1v) is 6.65. The SMILES string of the molecule is COc1cc(C)ccc1NC(C)c1ccccc1Cl. The van der Waals surface area contributed by atoms with E-state index >= 15 is 0 Å². The van der Waals surface area contributed by atoms with Crippen LogP contribution in [-0.4, -0.2) is 7.11 Å². The quantitative estimate of drug-likeness (QED) is 0.863. The Labute approximate surface area is 119 Å². The minimum atomic E-state index is 0.116. The first kappa shape index (κ1) is 13.8. The predicted molar refractivity (Wildman–Crippen MR) is 81.2 cm³/mol. The van der Waals surface area contributed by atoms with Crippen molar-refractivity contribution in [2.24, 2.45) is 0 Å². The van der Waals surface area contributed by atoms with Gasteiger partial charge in [0.05, 0.1) is 18.8 Å². The summed E-state index contributed by atoms with van der Waals surface area (Å²) in [5, 5.41) is 4.21. The van der Waals surface area contributed by atoms with Crippen LogP contribution in [0.2, 0.25) is 5.02 Å². The van der Waals surface area contributed by atoms with Gasteiger partial charge < -0.3 is 10.1 Å². The van der Waals surface area contributed by atoms with Crippen molar-refractivity contribution in [3.63, 3.8) is 0 Å². The van der Waals surface area contributed by atoms with Crippen LogP contribution >= 0.6 is 11.6 Å². The minimum absolute atomic E-state index is 0.116. The highest BCUT2D eigenvalue weighted by Crippen LogP contribution is 2.31. The van der Waals surface area contributed by atoms with E-state index in [1.165, 1.54) is 5.56 Å². The van der Waals surface area contributed by atoms with Gasteiger partial charge in [-0.3, -0.25) is 0 Å². The number of ether oxygens (including phenoxy) is 1. The Bertz CT molecular complexity index is 568. The molecule has 0 aromatic heterocycles. The lowest BCUT2D eigenvalue weighted by Gasteiger charge is -2.19. The van der Waals surface area contributed by atoms with E-state index in [4.69, 9.17) is 16.3 Å². The first-order chi connectivity index (χ1) is 9.11. The second-order valence-corrected chi connectivity index (χ2v) is 5.00. The van der Waals surface area contributed by atoms with Gasteiger partial charge in [0, 0.05) is 5.02 Å². The van der Waals surface area contributed by atoms with Crippen molar-refractivity contribution in [1.29, 1.82) is 0 Å². The van der Waals surface area contributed by atoms with Crippen molar-refractivity contribution < 1.29 is 4.74 Å². The van der Waals surface area contributed by atoms with Gasteiger partial charge in [0.2, 0.25) is 0 Å². The third-order valence-electron chi connectivity index (χ3n) is 3.10. The average molecular weight is 276 g/mol. The van der Waals surface area contributed by atoms with E-state index in [2.05, 4.69) is 18.3 Å². The van der Waals surface area contributed by atoms with Crippen LogP contribution in [0.5, 0.6) is 5.75 Å². The molecule has 0 aliphatic rings. The summed E-state index contributed by atoms with van der Waals surface area (Å²) in [5.41, 5.74) is 3.22. The standard InChI is InChI=1S/C16H18ClNO/c1-11-8-9-15(16(10-11)19-3)18-12(2)13-6-4-5-7-14(13)17/h4-10,12,18H,1-3H3. The number of benzene rings is 2. The van der Waals surface area contributed by atoms with E-state index in [0.29, 0.717) is 0 Å². The topological polar surface area (TPSA) is 21.3 Å². The van der Waals surface area contributed by atoms with Crippen LogP contribution in [-0.2, 0) is 0 Å². The van der Waals surface area contributed by atoms with Crippen LogP contribution in [0.4, 0.5) is 5.69 Å². The second-order valence-electron chi connectivity index (χ2n) is 4.59. The van der Waals surface area contributed by atoms with Gasteiger partial charge in [-0.05, 0) is 43.2 Å². The van der Waals surface area contributed by atoms with Crippen LogP contribution < -0.4 is 10.1 Å². The molecule has 1 unspecified atom stereocenters. The molecule has 1 atom stereocenters. The van der Waals surface area contributed by atoms with Crippen LogP contribution in [0.15, 0.2) is 42.5 Å². The Kier molecular flexibility index (Phi) is 4.33. The number of hydrogen-bond donors (Lipinski definition) is 1. The van der Waals surface area contributed by atoms with Crippen molar-refractivity contribution in [2.45, 2.75) is 19.9 Å². The van der Waals surface area contributed by atoms with Gasteiger partial charge >= 0.3 is 0 Å². The molecule has 100 valence electrons. The van der Waals surface area contributed by atoms with E-state index in [1.54, 1.807) is 7.11 Å². The van der Waals surface area contributed by atoms with Gasteiger partial charge in [0.25, 0.3) is 0 Å². The van der Waals surface area contributed by atoms with Gasteiger partial charge in [-0.15, -0.1) is 0 Å². The average Bonchev–Trinajstić information content (AvgIpc) is 2.41. The maximum atomic E-state index is 6.21. The van der Waals surface area contributed by atoms with Gasteiger partial charge in [0.1, 0.15) is 5.75 Å². The van der Waals surface area contributed by atoms with Crippen molar-refractivity contribution in [3.05, 3.63) is 58.6 Å². The highest BCUT2D eigenvalue weighted by atomic mass is 35.5. The van der Waals surface area contributed by atoms with Crippen molar-refractivity contribution >= 4 is 17.3 Å². The molecule has 0 aliphatic carbocycles. The lowest BCUT2D eigenvalue weighted by Crippen LogP contribution is -2.08. The molecule has 2 nitrogen and oxygen atoms in total. The summed E-state index contributed by atoms with van der Waals surface area (Å²) in [6.45, 7) is 4.13. The summed E-state index contributed by atoms with van der Waals surface area (Å²) in [6, 6.07) is 14.1. The van der Waals surface area contributed by atoms with Crippen LogP contribution in [0.1, 0.15) is 24.1 Å². The summed E-state index contributed by atoms with van der Waals surface area (Å²) in [4.78, 5) is 0. The molecule has 3 heteroatoms. The smallest absolute Gasteiger partial charge is 0.142 e. The molecule has 0 saturated heterocycles. The number of rotatable bonds is 4. The molecule has 2 aromatic carbocycles. The summed E-state index contributed by atoms with van der Waals surface area (Å²) in [6.07, 6.45) is 0. The summed E-state index contributed by atoms with van der Waals surface area (Å²) in [5.74, 6) is 0.846. The Morgan fingerprint density at radius 3 is 2.58 bits per heavy atom. The number of halogens is 1. The zero-order chi connectivity index (χ0) is 13.8. The number of aryl methyl sites for hydroxylation is 1. The molecular weight excluding hydrogens is 258 g/mol. The van der Waals surface area contributed by atoms with Crippen LogP contribution in [0.25, 0.3) is 0 Å². The molecule has 0 amide bonds.